The Hall–Kier alpha value is -2.01. The van der Waals surface area contributed by atoms with E-state index in [4.69, 9.17) is 10.2 Å². The van der Waals surface area contributed by atoms with Gasteiger partial charge in [0.2, 0.25) is 0 Å². The average Bonchev–Trinajstić information content (AvgIpc) is 3.35. The smallest absolute Gasteiger partial charge is 0.142 e. The molecule has 3 fully saturated rings. The Bertz CT molecular complexity index is 1060. The van der Waals surface area contributed by atoms with Crippen LogP contribution < -0.4 is 0 Å². The Kier molecular flexibility index (Phi) is 6.91. The first-order valence-electron chi connectivity index (χ1n) is 14.0. The fourth-order valence-electron chi connectivity index (χ4n) is 6.57. The number of hydrogen-bond acceptors (Lipinski definition) is 4. The zero-order valence-corrected chi connectivity index (χ0v) is 22.6. The van der Waals surface area contributed by atoms with Crippen LogP contribution in [0.5, 0.6) is 0 Å². The van der Waals surface area contributed by atoms with Crippen molar-refractivity contribution in [2.75, 3.05) is 13.1 Å². The Morgan fingerprint density at radius 1 is 1.03 bits per heavy atom. The minimum atomic E-state index is -0.0114. The summed E-state index contributed by atoms with van der Waals surface area (Å²) in [5.41, 5.74) is 3.63. The van der Waals surface area contributed by atoms with E-state index in [1.165, 1.54) is 49.1 Å². The van der Waals surface area contributed by atoms with Gasteiger partial charge in [0.15, 0.2) is 0 Å². The number of ketones is 1. The molecule has 0 unspecified atom stereocenters. The third-order valence-corrected chi connectivity index (χ3v) is 8.75. The van der Waals surface area contributed by atoms with Crippen LogP contribution in [0.1, 0.15) is 106 Å². The Balaban J connectivity index is 1.40. The first-order chi connectivity index (χ1) is 16.7. The van der Waals surface area contributed by atoms with Crippen molar-refractivity contribution in [1.82, 2.24) is 19.7 Å². The van der Waals surface area contributed by atoms with Crippen molar-refractivity contribution in [2.45, 2.75) is 104 Å². The number of likely N-dealkylation sites (tertiary alicyclic amines) is 1. The number of aryl methyl sites for hydroxylation is 2. The van der Waals surface area contributed by atoms with Gasteiger partial charge in [0, 0.05) is 49.3 Å². The van der Waals surface area contributed by atoms with E-state index in [1.807, 2.05) is 0 Å². The lowest BCUT2D eigenvalue weighted by Gasteiger charge is -2.36. The Morgan fingerprint density at radius 3 is 2.37 bits per heavy atom. The van der Waals surface area contributed by atoms with Crippen LogP contribution in [0.3, 0.4) is 0 Å². The maximum atomic E-state index is 13.8. The summed E-state index contributed by atoms with van der Waals surface area (Å²) in [5.74, 6) is 4.95. The molecule has 2 heterocycles. The van der Waals surface area contributed by atoms with Crippen LogP contribution in [0.15, 0.2) is 18.2 Å². The number of carbonyl (C=O) groups is 1. The van der Waals surface area contributed by atoms with E-state index in [9.17, 15) is 4.79 Å². The monoisotopic (exact) mass is 476 g/mol. The molecule has 1 aliphatic heterocycles. The normalized spacial score (nSPS) is 27.1. The molecule has 1 aromatic carbocycles. The lowest BCUT2D eigenvalue weighted by molar-refractivity contribution is -0.122. The van der Waals surface area contributed by atoms with Crippen LogP contribution in [0.4, 0.5) is 0 Å². The van der Waals surface area contributed by atoms with Crippen LogP contribution in [0, 0.1) is 31.6 Å². The van der Waals surface area contributed by atoms with Gasteiger partial charge in [0.25, 0.3) is 0 Å². The van der Waals surface area contributed by atoms with Gasteiger partial charge in [-0.15, -0.1) is 10.2 Å². The molecule has 5 rings (SSSR count). The van der Waals surface area contributed by atoms with Crippen LogP contribution >= 0.6 is 0 Å². The quantitative estimate of drug-likeness (QED) is 0.445. The van der Waals surface area contributed by atoms with E-state index >= 15 is 0 Å². The number of rotatable bonds is 9. The van der Waals surface area contributed by atoms with Gasteiger partial charge in [-0.25, -0.2) is 0 Å². The highest BCUT2D eigenvalue weighted by molar-refractivity contribution is 5.85. The summed E-state index contributed by atoms with van der Waals surface area (Å²) >= 11 is 0. The molecule has 0 N–H and O–H groups in total. The fraction of sp³-hybridized carbons (Fsp3) is 0.700. The topological polar surface area (TPSA) is 51.0 Å². The maximum Gasteiger partial charge on any atom is 0.142 e. The molecule has 35 heavy (non-hydrogen) atoms. The molecule has 0 radical (unpaired) electrons. The van der Waals surface area contributed by atoms with Crippen molar-refractivity contribution >= 4 is 5.78 Å². The fourth-order valence-corrected chi connectivity index (χ4v) is 6.57. The van der Waals surface area contributed by atoms with Gasteiger partial charge in [0.05, 0.1) is 0 Å². The molecule has 5 nitrogen and oxygen atoms in total. The molecule has 2 saturated carbocycles. The molecule has 0 spiro atoms. The summed E-state index contributed by atoms with van der Waals surface area (Å²) in [6, 6.07) is 7.43. The van der Waals surface area contributed by atoms with Gasteiger partial charge in [-0.05, 0) is 82.8 Å². The second-order valence-corrected chi connectivity index (χ2v) is 12.5. The highest BCUT2D eigenvalue weighted by atomic mass is 16.1. The summed E-state index contributed by atoms with van der Waals surface area (Å²) in [5, 5.41) is 9.66. The number of carbonyl (C=O) groups excluding carboxylic acids is 1. The molecule has 0 amide bonds. The molecule has 3 aliphatic rings. The summed E-state index contributed by atoms with van der Waals surface area (Å²) in [4.78, 5) is 16.2. The van der Waals surface area contributed by atoms with Crippen molar-refractivity contribution in [1.29, 1.82) is 0 Å². The molecule has 2 aromatic rings. The minimum Gasteiger partial charge on any atom is -0.311 e. The SMILES string of the molecule is Cc1ccc(CC(=O)[C@H]2CN(C(C)C)C[C@@H]2c2nnc(C3CC(CC(C)C)C3)n2C2CC2)c(C)c1. The van der Waals surface area contributed by atoms with Gasteiger partial charge in [0.1, 0.15) is 17.4 Å². The van der Waals surface area contributed by atoms with E-state index < -0.39 is 0 Å². The number of benzene rings is 1. The highest BCUT2D eigenvalue weighted by Gasteiger charge is 2.45. The van der Waals surface area contributed by atoms with E-state index in [0.717, 1.165) is 36.3 Å². The summed E-state index contributed by atoms with van der Waals surface area (Å²) in [6.07, 6.45) is 6.79. The van der Waals surface area contributed by atoms with Gasteiger partial charge >= 0.3 is 0 Å². The number of aromatic nitrogens is 3. The van der Waals surface area contributed by atoms with Crippen LogP contribution in [-0.2, 0) is 11.2 Å². The van der Waals surface area contributed by atoms with Gasteiger partial charge in [-0.2, -0.15) is 0 Å². The van der Waals surface area contributed by atoms with Crippen molar-refractivity contribution < 1.29 is 4.79 Å². The summed E-state index contributed by atoms with van der Waals surface area (Å²) < 4.78 is 2.50. The predicted octanol–water partition coefficient (Wildman–Crippen LogP) is 6.01. The standard InChI is InChI=1S/C30H44N4O/c1-18(2)11-22-13-24(14-22)29-31-32-30(34(29)25-9-10-25)27-17-33(19(3)4)16-26(27)28(35)15-23-8-7-20(5)12-21(23)6/h7-8,12,18-19,22,24-27H,9-11,13-17H2,1-6H3/t22?,24?,26-,27-/m0/s1. The van der Waals surface area contributed by atoms with Gasteiger partial charge in [-0.1, -0.05) is 37.6 Å². The van der Waals surface area contributed by atoms with E-state index in [1.54, 1.807) is 0 Å². The largest absolute Gasteiger partial charge is 0.311 e. The van der Waals surface area contributed by atoms with E-state index in [2.05, 4.69) is 69.2 Å². The second kappa shape index (κ2) is 9.80. The van der Waals surface area contributed by atoms with Crippen molar-refractivity contribution in [3.05, 3.63) is 46.5 Å². The molecule has 5 heteroatoms. The zero-order valence-electron chi connectivity index (χ0n) is 22.6. The second-order valence-electron chi connectivity index (χ2n) is 12.5. The molecule has 1 saturated heterocycles. The lowest BCUT2D eigenvalue weighted by Crippen LogP contribution is -2.30. The number of hydrogen-bond donors (Lipinski definition) is 0. The predicted molar refractivity (Wildman–Crippen MR) is 141 cm³/mol. The van der Waals surface area contributed by atoms with Gasteiger partial charge in [-0.3, -0.25) is 9.69 Å². The van der Waals surface area contributed by atoms with Crippen LogP contribution in [0.25, 0.3) is 0 Å². The highest BCUT2D eigenvalue weighted by Crippen LogP contribution is 2.48. The number of Topliss-reactive ketones (excluding diaryl/α,β-unsaturated/α-hetero) is 1. The molecule has 2 atom stereocenters. The summed E-state index contributed by atoms with van der Waals surface area (Å²) in [6.45, 7) is 15.1. The van der Waals surface area contributed by atoms with Crippen molar-refractivity contribution in [3.8, 4) is 0 Å². The van der Waals surface area contributed by atoms with Crippen LogP contribution in [0.2, 0.25) is 0 Å². The lowest BCUT2D eigenvalue weighted by atomic mass is 9.71. The average molecular weight is 477 g/mol. The Labute approximate surface area is 211 Å². The number of nitrogens with zero attached hydrogens (tertiary/aromatic N) is 4. The molecule has 0 bridgehead atoms. The molecule has 2 aliphatic carbocycles. The first-order valence-corrected chi connectivity index (χ1v) is 14.0. The summed E-state index contributed by atoms with van der Waals surface area (Å²) in [7, 11) is 0. The Morgan fingerprint density at radius 2 is 1.74 bits per heavy atom. The molecular weight excluding hydrogens is 432 g/mol. The molecular formula is C30H44N4O. The van der Waals surface area contributed by atoms with E-state index in [-0.39, 0.29) is 11.8 Å². The molecule has 1 aromatic heterocycles. The zero-order chi connectivity index (χ0) is 24.9. The van der Waals surface area contributed by atoms with Crippen LogP contribution in [-0.4, -0.2) is 44.6 Å². The maximum absolute atomic E-state index is 13.8. The van der Waals surface area contributed by atoms with Crippen molar-refractivity contribution in [2.24, 2.45) is 17.8 Å². The first kappa shape index (κ1) is 24.7. The third-order valence-electron chi connectivity index (χ3n) is 8.75. The third kappa shape index (κ3) is 5.12. The van der Waals surface area contributed by atoms with Crippen molar-refractivity contribution in [3.63, 3.8) is 0 Å². The van der Waals surface area contributed by atoms with Gasteiger partial charge < -0.3 is 4.57 Å². The minimum absolute atomic E-state index is 0.0114. The van der Waals surface area contributed by atoms with E-state index in [0.29, 0.717) is 30.2 Å². The molecule has 190 valence electrons.